The van der Waals surface area contributed by atoms with E-state index >= 15 is 0 Å². The maximum absolute atomic E-state index is 12.4. The summed E-state index contributed by atoms with van der Waals surface area (Å²) in [6, 6.07) is 1.01. The Balaban J connectivity index is 3.39. The third kappa shape index (κ3) is 1.98. The van der Waals surface area contributed by atoms with Gasteiger partial charge in [-0.2, -0.15) is 0 Å². The molecule has 0 fully saturated rings. The molecule has 0 aromatic carbocycles. The lowest BCUT2D eigenvalue weighted by molar-refractivity contribution is 0.0980. The molecule has 0 saturated carbocycles. The van der Waals surface area contributed by atoms with Crippen molar-refractivity contribution in [1.29, 1.82) is 0 Å². The zero-order valence-corrected chi connectivity index (χ0v) is 7.98. The number of alkyl halides is 2. The number of aromatic nitrogens is 1. The molecular weight excluding hydrogens is 214 g/mol. The molecule has 0 atom stereocenters. The van der Waals surface area contributed by atoms with Gasteiger partial charge in [0.2, 0.25) is 0 Å². The summed E-state index contributed by atoms with van der Waals surface area (Å²) in [5.74, 6) is -0.986. The van der Waals surface area contributed by atoms with E-state index in [0.29, 0.717) is 5.69 Å². The van der Waals surface area contributed by atoms with Gasteiger partial charge in [0.25, 0.3) is 12.3 Å². The van der Waals surface area contributed by atoms with Crippen LogP contribution < -0.4 is 5.73 Å². The second-order valence-electron chi connectivity index (χ2n) is 2.66. The largest absolute Gasteiger partial charge is 0.364 e. The van der Waals surface area contributed by atoms with E-state index in [1.165, 1.54) is 6.92 Å². The Morgan fingerprint density at radius 1 is 1.64 bits per heavy atom. The number of nitrogens with two attached hydrogens (primary N) is 1. The molecule has 0 aliphatic rings. The second kappa shape index (κ2) is 3.88. The van der Waals surface area contributed by atoms with E-state index in [1.807, 2.05) is 0 Å². The summed E-state index contributed by atoms with van der Waals surface area (Å²) in [4.78, 5) is 14.4. The maximum Gasteiger partial charge on any atom is 0.267 e. The van der Waals surface area contributed by atoms with Crippen molar-refractivity contribution in [2.24, 2.45) is 5.73 Å². The highest BCUT2D eigenvalue weighted by Gasteiger charge is 2.19. The van der Waals surface area contributed by atoms with Crippen molar-refractivity contribution in [3.05, 3.63) is 28.0 Å². The van der Waals surface area contributed by atoms with E-state index in [0.717, 1.165) is 6.07 Å². The first-order chi connectivity index (χ1) is 6.43. The van der Waals surface area contributed by atoms with Crippen molar-refractivity contribution in [3.63, 3.8) is 0 Å². The summed E-state index contributed by atoms with van der Waals surface area (Å²) < 4.78 is 24.8. The Morgan fingerprint density at radius 2 is 2.21 bits per heavy atom. The fourth-order valence-electron chi connectivity index (χ4n) is 0.959. The minimum atomic E-state index is -2.82. The number of primary amides is 1. The number of pyridine rings is 1. The topological polar surface area (TPSA) is 56.0 Å². The summed E-state index contributed by atoms with van der Waals surface area (Å²) >= 11 is 5.59. The van der Waals surface area contributed by atoms with Crippen LogP contribution in [-0.2, 0) is 0 Å². The average Bonchev–Trinajstić information content (AvgIpc) is 2.08. The molecule has 1 amide bonds. The average molecular weight is 221 g/mol. The van der Waals surface area contributed by atoms with Crippen molar-refractivity contribution in [3.8, 4) is 0 Å². The van der Waals surface area contributed by atoms with Gasteiger partial charge in [-0.3, -0.25) is 4.79 Å². The smallest absolute Gasteiger partial charge is 0.267 e. The lowest BCUT2D eigenvalue weighted by Gasteiger charge is -2.07. The highest BCUT2D eigenvalue weighted by Crippen LogP contribution is 2.26. The highest BCUT2D eigenvalue weighted by atomic mass is 35.5. The molecule has 0 bridgehead atoms. The lowest BCUT2D eigenvalue weighted by atomic mass is 10.1. The second-order valence-corrected chi connectivity index (χ2v) is 3.07. The van der Waals surface area contributed by atoms with Crippen LogP contribution in [0.5, 0.6) is 0 Å². The number of aryl methyl sites for hydroxylation is 1. The molecular formula is C8H7ClF2N2O. The molecule has 3 nitrogen and oxygen atoms in total. The lowest BCUT2D eigenvalue weighted by Crippen LogP contribution is -2.17. The Morgan fingerprint density at radius 3 is 2.64 bits per heavy atom. The number of amides is 1. The van der Waals surface area contributed by atoms with Crippen LogP contribution in [0, 0.1) is 6.92 Å². The van der Waals surface area contributed by atoms with Crippen LogP contribution in [0.2, 0.25) is 5.02 Å². The van der Waals surface area contributed by atoms with Crippen molar-refractivity contribution in [2.45, 2.75) is 13.3 Å². The van der Waals surface area contributed by atoms with Gasteiger partial charge in [-0.15, -0.1) is 0 Å². The van der Waals surface area contributed by atoms with E-state index < -0.39 is 23.6 Å². The van der Waals surface area contributed by atoms with Crippen LogP contribution in [0.4, 0.5) is 8.78 Å². The van der Waals surface area contributed by atoms with Crippen molar-refractivity contribution in [2.75, 3.05) is 0 Å². The number of halogens is 3. The third-order valence-corrected chi connectivity index (χ3v) is 2.03. The van der Waals surface area contributed by atoms with Gasteiger partial charge in [0.15, 0.2) is 0 Å². The zero-order valence-electron chi connectivity index (χ0n) is 7.22. The van der Waals surface area contributed by atoms with Gasteiger partial charge >= 0.3 is 0 Å². The van der Waals surface area contributed by atoms with Gasteiger partial charge in [-0.1, -0.05) is 11.6 Å². The van der Waals surface area contributed by atoms with Crippen LogP contribution in [0.25, 0.3) is 0 Å². The predicted octanol–water partition coefficient (Wildman–Crippen LogP) is 2.08. The minimum absolute atomic E-state index is 0.0882. The molecule has 0 radical (unpaired) electrons. The van der Waals surface area contributed by atoms with Crippen LogP contribution >= 0.6 is 11.6 Å². The van der Waals surface area contributed by atoms with Crippen LogP contribution in [0.1, 0.15) is 28.2 Å². The quantitative estimate of drug-likeness (QED) is 0.830. The van der Waals surface area contributed by atoms with Gasteiger partial charge < -0.3 is 5.73 Å². The van der Waals surface area contributed by atoms with Crippen LogP contribution in [0.15, 0.2) is 6.07 Å². The van der Waals surface area contributed by atoms with E-state index in [2.05, 4.69) is 4.98 Å². The molecule has 0 unspecified atom stereocenters. The number of nitrogens with zero attached hydrogens (tertiary/aromatic N) is 1. The monoisotopic (exact) mass is 220 g/mol. The fraction of sp³-hybridized carbons (Fsp3) is 0.250. The SMILES string of the molecule is Cc1nc(C(N)=O)c(C(F)F)cc1Cl. The first-order valence-corrected chi connectivity index (χ1v) is 4.06. The Kier molecular flexibility index (Phi) is 3.00. The Labute approximate surface area is 83.9 Å². The number of carbonyl (C=O) groups is 1. The van der Waals surface area contributed by atoms with Gasteiger partial charge in [0.05, 0.1) is 16.3 Å². The summed E-state index contributed by atoms with van der Waals surface area (Å²) in [6.07, 6.45) is -2.82. The van der Waals surface area contributed by atoms with Gasteiger partial charge in [0.1, 0.15) is 5.69 Å². The number of hydrogen-bond donors (Lipinski definition) is 1. The van der Waals surface area contributed by atoms with E-state index in [1.54, 1.807) is 0 Å². The summed E-state index contributed by atoms with van der Waals surface area (Å²) in [7, 11) is 0. The first-order valence-electron chi connectivity index (χ1n) is 3.68. The maximum atomic E-state index is 12.4. The van der Waals surface area contributed by atoms with Crippen molar-refractivity contribution < 1.29 is 13.6 Å². The van der Waals surface area contributed by atoms with Gasteiger partial charge in [-0.05, 0) is 13.0 Å². The summed E-state index contributed by atoms with van der Waals surface area (Å²) in [5, 5.41) is 0.0882. The number of rotatable bonds is 2. The summed E-state index contributed by atoms with van der Waals surface area (Å²) in [6.45, 7) is 1.50. The molecule has 0 spiro atoms. The molecule has 0 aliphatic heterocycles. The third-order valence-electron chi connectivity index (χ3n) is 1.65. The highest BCUT2D eigenvalue weighted by molar-refractivity contribution is 6.31. The number of carbonyl (C=O) groups excluding carboxylic acids is 1. The van der Waals surface area contributed by atoms with E-state index in [4.69, 9.17) is 17.3 Å². The minimum Gasteiger partial charge on any atom is -0.364 e. The molecule has 76 valence electrons. The molecule has 2 N–H and O–H groups in total. The normalized spacial score (nSPS) is 10.6. The van der Waals surface area contributed by atoms with Crippen LogP contribution in [-0.4, -0.2) is 10.9 Å². The predicted molar refractivity (Wildman–Crippen MR) is 47.5 cm³/mol. The van der Waals surface area contributed by atoms with Gasteiger partial charge in [-0.25, -0.2) is 13.8 Å². The molecule has 0 aliphatic carbocycles. The van der Waals surface area contributed by atoms with Gasteiger partial charge in [0, 0.05) is 0 Å². The Hall–Kier alpha value is -1.23. The molecule has 1 aromatic rings. The summed E-state index contributed by atoms with van der Waals surface area (Å²) in [5.41, 5.74) is 4.23. The van der Waals surface area contributed by atoms with Crippen molar-refractivity contribution in [1.82, 2.24) is 4.98 Å². The number of hydrogen-bond acceptors (Lipinski definition) is 2. The molecule has 1 aromatic heterocycles. The zero-order chi connectivity index (χ0) is 10.9. The molecule has 0 saturated heterocycles. The fourth-order valence-corrected chi connectivity index (χ4v) is 1.12. The van der Waals surface area contributed by atoms with Crippen LogP contribution in [0.3, 0.4) is 0 Å². The molecule has 14 heavy (non-hydrogen) atoms. The molecule has 1 heterocycles. The first kappa shape index (κ1) is 10.8. The molecule has 1 rings (SSSR count). The standard InChI is InChI=1S/C8H7ClF2N2O/c1-3-5(9)2-4(7(10)11)6(13-3)8(12)14/h2,7H,1H3,(H2,12,14). The molecule has 6 heteroatoms. The van der Waals surface area contributed by atoms with Crippen molar-refractivity contribution >= 4 is 17.5 Å². The van der Waals surface area contributed by atoms with E-state index in [-0.39, 0.29) is 5.02 Å². The Bertz CT molecular complexity index is 382. The van der Waals surface area contributed by atoms with E-state index in [9.17, 15) is 13.6 Å².